The number of hydrogen-bond donors (Lipinski definition) is 1. The summed E-state index contributed by atoms with van der Waals surface area (Å²) in [6.45, 7) is 2.81. The van der Waals surface area contributed by atoms with Crippen molar-refractivity contribution < 1.29 is 22.7 Å². The molecule has 2 aliphatic heterocycles. The first-order valence-electron chi connectivity index (χ1n) is 11.0. The van der Waals surface area contributed by atoms with E-state index in [1.54, 1.807) is 30.3 Å². The van der Waals surface area contributed by atoms with Gasteiger partial charge in [-0.05, 0) is 56.2 Å². The van der Waals surface area contributed by atoms with Crippen LogP contribution in [0.1, 0.15) is 35.2 Å². The Morgan fingerprint density at radius 3 is 2.44 bits per heavy atom. The Kier molecular flexibility index (Phi) is 5.97. The lowest BCUT2D eigenvalue weighted by Gasteiger charge is -2.27. The molecule has 34 heavy (non-hydrogen) atoms. The van der Waals surface area contributed by atoms with Gasteiger partial charge in [0.15, 0.2) is 11.5 Å². The third kappa shape index (κ3) is 4.36. The highest BCUT2D eigenvalue weighted by Crippen LogP contribution is 2.42. The summed E-state index contributed by atoms with van der Waals surface area (Å²) in [4.78, 5) is 13.0. The fraction of sp³-hybridized carbons (Fsp3) is 0.240. The van der Waals surface area contributed by atoms with Crippen LogP contribution in [0.25, 0.3) is 0 Å². The molecular formula is C25H23ClN2O5S. The highest BCUT2D eigenvalue weighted by atomic mass is 35.5. The van der Waals surface area contributed by atoms with E-state index in [9.17, 15) is 13.2 Å². The number of ether oxygens (including phenoxy) is 2. The number of sulfonamides is 1. The van der Waals surface area contributed by atoms with Crippen molar-refractivity contribution in [1.29, 1.82) is 0 Å². The lowest BCUT2D eigenvalue weighted by atomic mass is 10.1. The summed E-state index contributed by atoms with van der Waals surface area (Å²) in [5, 5.41) is 3.19. The molecule has 0 saturated carbocycles. The van der Waals surface area contributed by atoms with E-state index in [0.717, 1.165) is 24.8 Å². The fourth-order valence-electron chi connectivity index (χ4n) is 4.06. The van der Waals surface area contributed by atoms with E-state index in [4.69, 9.17) is 21.1 Å². The number of carbonyl (C=O) groups is 1. The monoisotopic (exact) mass is 498 g/mol. The molecule has 9 heteroatoms. The minimum Gasteiger partial charge on any atom is -0.456 e. The van der Waals surface area contributed by atoms with E-state index in [0.29, 0.717) is 35.3 Å². The molecule has 1 fully saturated rings. The minimum atomic E-state index is -3.91. The predicted octanol–water partition coefficient (Wildman–Crippen LogP) is 5.97. The average Bonchev–Trinajstić information content (AvgIpc) is 2.95. The van der Waals surface area contributed by atoms with E-state index in [2.05, 4.69) is 5.32 Å². The maximum atomic E-state index is 13.6. The van der Waals surface area contributed by atoms with Crippen LogP contribution in [0.3, 0.4) is 0 Å². The van der Waals surface area contributed by atoms with Gasteiger partial charge in [0.2, 0.25) is 10.0 Å². The molecule has 0 atom stereocenters. The van der Waals surface area contributed by atoms with Crippen LogP contribution in [0.5, 0.6) is 23.0 Å². The van der Waals surface area contributed by atoms with E-state index < -0.39 is 15.9 Å². The molecule has 0 spiro atoms. The topological polar surface area (TPSA) is 84.9 Å². The summed E-state index contributed by atoms with van der Waals surface area (Å²) in [6.07, 6.45) is 2.57. The minimum absolute atomic E-state index is 0.0727. The molecule has 0 aromatic heterocycles. The Morgan fingerprint density at radius 1 is 0.971 bits per heavy atom. The zero-order valence-electron chi connectivity index (χ0n) is 18.5. The first kappa shape index (κ1) is 22.7. The van der Waals surface area contributed by atoms with Crippen molar-refractivity contribution in [2.75, 3.05) is 18.4 Å². The van der Waals surface area contributed by atoms with Crippen LogP contribution in [0.2, 0.25) is 5.02 Å². The summed E-state index contributed by atoms with van der Waals surface area (Å²) in [7, 11) is -3.91. The second kappa shape index (κ2) is 8.94. The van der Waals surface area contributed by atoms with E-state index in [1.165, 1.54) is 16.4 Å². The number of hydrogen-bond acceptors (Lipinski definition) is 5. The van der Waals surface area contributed by atoms with Gasteiger partial charge in [-0.3, -0.25) is 4.79 Å². The molecule has 0 radical (unpaired) electrons. The molecule has 176 valence electrons. The molecule has 2 heterocycles. The first-order chi connectivity index (χ1) is 16.3. The summed E-state index contributed by atoms with van der Waals surface area (Å²) in [5.74, 6) is 0.667. The molecule has 1 N–H and O–H groups in total. The Morgan fingerprint density at radius 2 is 1.71 bits per heavy atom. The standard InChI is InChI=1S/C25H23ClN2O5S/c1-16-5-8-18(9-6-16)32-23-15-22-19(14-24(23)34(30,31)28-11-3-2-4-12-28)25(29)27-20-13-17(26)7-10-21(20)33-22/h5-10,13-15H,2-4,11-12H2,1H3,(H,27,29). The predicted molar refractivity (Wildman–Crippen MR) is 130 cm³/mol. The maximum absolute atomic E-state index is 13.6. The van der Waals surface area contributed by atoms with Crippen LogP contribution in [0, 0.1) is 6.92 Å². The number of amides is 1. The smallest absolute Gasteiger partial charge is 0.259 e. The van der Waals surface area contributed by atoms with Gasteiger partial charge in [0.25, 0.3) is 5.91 Å². The summed E-state index contributed by atoms with van der Waals surface area (Å²) in [6, 6.07) is 15.0. The quantitative estimate of drug-likeness (QED) is 0.478. The Hall–Kier alpha value is -3.07. The van der Waals surface area contributed by atoms with Crippen molar-refractivity contribution in [2.45, 2.75) is 31.1 Å². The van der Waals surface area contributed by atoms with Gasteiger partial charge in [-0.1, -0.05) is 35.7 Å². The SMILES string of the molecule is Cc1ccc(Oc2cc3c(cc2S(=O)(=O)N2CCCCC2)C(=O)Nc2cc(Cl)ccc2O3)cc1. The second-order valence-electron chi connectivity index (χ2n) is 8.37. The number of piperidine rings is 1. The third-order valence-electron chi connectivity index (χ3n) is 5.88. The van der Waals surface area contributed by atoms with Crippen LogP contribution in [0.4, 0.5) is 5.69 Å². The first-order valence-corrected chi connectivity index (χ1v) is 12.8. The van der Waals surface area contributed by atoms with Gasteiger partial charge in [-0.2, -0.15) is 4.31 Å². The van der Waals surface area contributed by atoms with Gasteiger partial charge >= 0.3 is 0 Å². The van der Waals surface area contributed by atoms with Gasteiger partial charge < -0.3 is 14.8 Å². The zero-order valence-corrected chi connectivity index (χ0v) is 20.1. The number of nitrogens with one attached hydrogen (secondary N) is 1. The fourth-order valence-corrected chi connectivity index (χ4v) is 5.87. The Balaban J connectivity index is 1.64. The molecule has 3 aromatic rings. The van der Waals surface area contributed by atoms with Crippen LogP contribution in [-0.2, 0) is 10.0 Å². The van der Waals surface area contributed by atoms with Gasteiger partial charge in [0.1, 0.15) is 16.4 Å². The number of fused-ring (bicyclic) bond motifs is 2. The highest BCUT2D eigenvalue weighted by Gasteiger charge is 2.33. The highest BCUT2D eigenvalue weighted by molar-refractivity contribution is 7.89. The maximum Gasteiger partial charge on any atom is 0.259 e. The van der Waals surface area contributed by atoms with Crippen molar-refractivity contribution in [2.24, 2.45) is 0 Å². The van der Waals surface area contributed by atoms with Gasteiger partial charge in [-0.15, -0.1) is 0 Å². The number of rotatable bonds is 4. The molecule has 2 aliphatic rings. The van der Waals surface area contributed by atoms with Crippen LogP contribution in [0.15, 0.2) is 59.5 Å². The van der Waals surface area contributed by atoms with E-state index >= 15 is 0 Å². The Labute approximate surface area is 203 Å². The average molecular weight is 499 g/mol. The van der Waals surface area contributed by atoms with E-state index in [-0.39, 0.29) is 22.0 Å². The number of anilines is 1. The molecule has 3 aromatic carbocycles. The molecule has 5 rings (SSSR count). The number of benzene rings is 3. The molecule has 1 amide bonds. The zero-order chi connectivity index (χ0) is 23.9. The third-order valence-corrected chi connectivity index (χ3v) is 8.04. The lowest BCUT2D eigenvalue weighted by Crippen LogP contribution is -2.35. The largest absolute Gasteiger partial charge is 0.456 e. The lowest BCUT2D eigenvalue weighted by molar-refractivity contribution is 0.102. The summed E-state index contributed by atoms with van der Waals surface area (Å²) < 4.78 is 40.8. The molecule has 1 saturated heterocycles. The van der Waals surface area contributed by atoms with Crippen LogP contribution < -0.4 is 14.8 Å². The van der Waals surface area contributed by atoms with Gasteiger partial charge in [-0.25, -0.2) is 8.42 Å². The molecule has 0 unspecified atom stereocenters. The molecule has 0 aliphatic carbocycles. The Bertz CT molecular complexity index is 1370. The number of carbonyl (C=O) groups excluding carboxylic acids is 1. The number of aryl methyl sites for hydroxylation is 1. The summed E-state index contributed by atoms with van der Waals surface area (Å²) >= 11 is 6.07. The molecule has 0 bridgehead atoms. The van der Waals surface area contributed by atoms with Crippen LogP contribution in [-0.4, -0.2) is 31.7 Å². The van der Waals surface area contributed by atoms with Gasteiger partial charge in [0, 0.05) is 24.2 Å². The second-order valence-corrected chi connectivity index (χ2v) is 10.7. The van der Waals surface area contributed by atoms with Crippen molar-refractivity contribution in [3.63, 3.8) is 0 Å². The number of nitrogens with zero attached hydrogens (tertiary/aromatic N) is 1. The molecular weight excluding hydrogens is 476 g/mol. The van der Waals surface area contributed by atoms with Crippen molar-refractivity contribution in [1.82, 2.24) is 4.31 Å². The molecule has 7 nitrogen and oxygen atoms in total. The van der Waals surface area contributed by atoms with Crippen molar-refractivity contribution in [3.8, 4) is 23.0 Å². The van der Waals surface area contributed by atoms with Crippen molar-refractivity contribution in [3.05, 3.63) is 70.7 Å². The van der Waals surface area contributed by atoms with Gasteiger partial charge in [0.05, 0.1) is 11.3 Å². The summed E-state index contributed by atoms with van der Waals surface area (Å²) in [5.41, 5.74) is 1.54. The van der Waals surface area contributed by atoms with E-state index in [1.807, 2.05) is 19.1 Å². The number of halogens is 1. The van der Waals surface area contributed by atoms with Crippen molar-refractivity contribution >= 4 is 33.2 Å². The normalized spacial score (nSPS) is 16.0. The van der Waals surface area contributed by atoms with Crippen LogP contribution >= 0.6 is 11.6 Å².